The van der Waals surface area contributed by atoms with Crippen molar-refractivity contribution in [3.8, 4) is 41.8 Å². The molecular weight excluding hydrogens is 448 g/mol. The summed E-state index contributed by atoms with van der Waals surface area (Å²) in [6, 6.07) is 37.8. The highest BCUT2D eigenvalue weighted by molar-refractivity contribution is 7.19. The van der Waals surface area contributed by atoms with Gasteiger partial charge in [-0.05, 0) is 64.9 Å². The van der Waals surface area contributed by atoms with E-state index in [1.807, 2.05) is 22.7 Å². The molecule has 2 aromatic heterocycles. The minimum atomic E-state index is 1.19. The monoisotopic (exact) mass is 478 g/mol. The van der Waals surface area contributed by atoms with Crippen LogP contribution in [0.2, 0.25) is 0 Å². The molecule has 3 aromatic carbocycles. The van der Waals surface area contributed by atoms with E-state index in [2.05, 4.69) is 110 Å². The summed E-state index contributed by atoms with van der Waals surface area (Å²) >= 11 is 3.73. The van der Waals surface area contributed by atoms with Crippen LogP contribution in [0.25, 0.3) is 41.8 Å². The van der Waals surface area contributed by atoms with Crippen molar-refractivity contribution in [1.82, 2.24) is 0 Å². The lowest BCUT2D eigenvalue weighted by atomic mass is 10.0. The van der Waals surface area contributed by atoms with E-state index in [1.165, 1.54) is 79.4 Å². The Balaban J connectivity index is 1.26. The second kappa shape index (κ2) is 11.0. The van der Waals surface area contributed by atoms with Gasteiger partial charge in [0.1, 0.15) is 0 Å². The van der Waals surface area contributed by atoms with Gasteiger partial charge in [0.25, 0.3) is 0 Å². The fraction of sp³-hybridized carbons (Fsp3) is 0.188. The maximum absolute atomic E-state index is 2.31. The van der Waals surface area contributed by atoms with Gasteiger partial charge in [-0.2, -0.15) is 0 Å². The molecule has 0 nitrogen and oxygen atoms in total. The van der Waals surface area contributed by atoms with Crippen LogP contribution < -0.4 is 0 Å². The van der Waals surface area contributed by atoms with Gasteiger partial charge in [-0.25, -0.2) is 0 Å². The Morgan fingerprint density at radius 3 is 1.35 bits per heavy atom. The Kier molecular flexibility index (Phi) is 7.38. The minimum absolute atomic E-state index is 1.19. The van der Waals surface area contributed by atoms with Gasteiger partial charge >= 0.3 is 0 Å². The summed E-state index contributed by atoms with van der Waals surface area (Å²) < 4.78 is 0. The van der Waals surface area contributed by atoms with Gasteiger partial charge in [-0.3, -0.25) is 0 Å². The molecule has 0 atom stereocenters. The first-order chi connectivity index (χ1) is 16.8. The second-order valence-corrected chi connectivity index (χ2v) is 10.9. The summed E-state index contributed by atoms with van der Waals surface area (Å²) in [5.74, 6) is 0. The molecule has 0 N–H and O–H groups in total. The molecular formula is C32H30S2. The summed E-state index contributed by atoms with van der Waals surface area (Å²) in [7, 11) is 0. The summed E-state index contributed by atoms with van der Waals surface area (Å²) in [5, 5.41) is 0. The lowest BCUT2D eigenvalue weighted by Gasteiger charge is -2.03. The zero-order valence-corrected chi connectivity index (χ0v) is 21.3. The summed E-state index contributed by atoms with van der Waals surface area (Å²) in [6.45, 7) is 2.27. The smallest absolute Gasteiger partial charge is 0.0349 e. The molecule has 0 bridgehead atoms. The molecule has 0 aliphatic carbocycles. The summed E-state index contributed by atoms with van der Waals surface area (Å²) in [4.78, 5) is 5.28. The topological polar surface area (TPSA) is 0 Å². The second-order valence-electron chi connectivity index (χ2n) is 8.78. The van der Waals surface area contributed by atoms with E-state index in [9.17, 15) is 0 Å². The average molecular weight is 479 g/mol. The molecule has 5 rings (SSSR count). The molecule has 0 unspecified atom stereocenters. The maximum atomic E-state index is 2.31. The molecule has 0 aliphatic rings. The fourth-order valence-corrected chi connectivity index (χ4v) is 6.32. The SMILES string of the molecule is CCCCCCc1ccc(-c2ccc(-c3ccc(-c4ccc(-c5ccccc5)s4)cc3)s2)cc1. The van der Waals surface area contributed by atoms with Gasteiger partial charge in [0.2, 0.25) is 0 Å². The van der Waals surface area contributed by atoms with E-state index >= 15 is 0 Å². The fourth-order valence-electron chi connectivity index (χ4n) is 4.29. The normalized spacial score (nSPS) is 11.1. The van der Waals surface area contributed by atoms with Crippen LogP contribution in [0.3, 0.4) is 0 Å². The molecule has 5 aromatic rings. The van der Waals surface area contributed by atoms with E-state index < -0.39 is 0 Å². The molecule has 0 aliphatic heterocycles. The molecule has 0 saturated carbocycles. The first kappa shape index (κ1) is 22.8. The molecule has 2 heteroatoms. The van der Waals surface area contributed by atoms with Crippen LogP contribution in [0.15, 0.2) is 103 Å². The minimum Gasteiger partial charge on any atom is -0.135 e. The summed E-state index contributed by atoms with van der Waals surface area (Å²) in [6.07, 6.45) is 6.47. The van der Waals surface area contributed by atoms with Crippen molar-refractivity contribution in [3.63, 3.8) is 0 Å². The zero-order chi connectivity index (χ0) is 23.2. The van der Waals surface area contributed by atoms with Gasteiger partial charge in [0, 0.05) is 19.5 Å². The van der Waals surface area contributed by atoms with Gasteiger partial charge in [0.15, 0.2) is 0 Å². The number of rotatable bonds is 9. The third kappa shape index (κ3) is 5.41. The molecule has 2 heterocycles. The van der Waals surface area contributed by atoms with Crippen LogP contribution >= 0.6 is 22.7 Å². The highest BCUT2D eigenvalue weighted by Gasteiger charge is 2.08. The van der Waals surface area contributed by atoms with E-state index in [0.717, 1.165) is 0 Å². The number of hydrogen-bond donors (Lipinski definition) is 0. The van der Waals surface area contributed by atoms with Gasteiger partial charge in [-0.15, -0.1) is 22.7 Å². The average Bonchev–Trinajstić information content (AvgIpc) is 3.59. The highest BCUT2D eigenvalue weighted by atomic mass is 32.1. The zero-order valence-electron chi connectivity index (χ0n) is 19.7. The van der Waals surface area contributed by atoms with Crippen LogP contribution in [0.5, 0.6) is 0 Å². The predicted molar refractivity (Wildman–Crippen MR) is 152 cm³/mol. The van der Waals surface area contributed by atoms with Crippen molar-refractivity contribution in [2.45, 2.75) is 39.0 Å². The largest absolute Gasteiger partial charge is 0.135 e. The van der Waals surface area contributed by atoms with Crippen molar-refractivity contribution in [1.29, 1.82) is 0 Å². The van der Waals surface area contributed by atoms with Crippen molar-refractivity contribution in [2.75, 3.05) is 0 Å². The Labute approximate surface area is 211 Å². The number of aryl methyl sites for hydroxylation is 1. The number of benzene rings is 3. The van der Waals surface area contributed by atoms with Crippen LogP contribution in [-0.2, 0) is 6.42 Å². The Morgan fingerprint density at radius 1 is 0.441 bits per heavy atom. The van der Waals surface area contributed by atoms with Crippen molar-refractivity contribution >= 4 is 22.7 Å². The molecule has 34 heavy (non-hydrogen) atoms. The molecule has 0 fully saturated rings. The van der Waals surface area contributed by atoms with E-state index in [0.29, 0.717) is 0 Å². The van der Waals surface area contributed by atoms with Crippen molar-refractivity contribution < 1.29 is 0 Å². The number of thiophene rings is 2. The quantitative estimate of drug-likeness (QED) is 0.185. The van der Waals surface area contributed by atoms with Crippen LogP contribution in [0.4, 0.5) is 0 Å². The maximum Gasteiger partial charge on any atom is 0.0349 e. The van der Waals surface area contributed by atoms with Gasteiger partial charge in [0.05, 0.1) is 0 Å². The van der Waals surface area contributed by atoms with Crippen molar-refractivity contribution in [3.05, 3.63) is 109 Å². The lowest BCUT2D eigenvalue weighted by molar-refractivity contribution is 0.667. The van der Waals surface area contributed by atoms with Gasteiger partial charge in [-0.1, -0.05) is 105 Å². The molecule has 0 saturated heterocycles. The third-order valence-corrected chi connectivity index (χ3v) is 8.65. The Bertz CT molecular complexity index is 1310. The Morgan fingerprint density at radius 2 is 0.882 bits per heavy atom. The molecule has 0 amide bonds. The lowest BCUT2D eigenvalue weighted by Crippen LogP contribution is -1.85. The van der Waals surface area contributed by atoms with E-state index in [4.69, 9.17) is 0 Å². The van der Waals surface area contributed by atoms with Crippen LogP contribution in [0, 0.1) is 0 Å². The number of unbranched alkanes of at least 4 members (excludes halogenated alkanes) is 3. The van der Waals surface area contributed by atoms with E-state index in [1.54, 1.807) is 0 Å². The first-order valence-electron chi connectivity index (χ1n) is 12.3. The van der Waals surface area contributed by atoms with E-state index in [-0.39, 0.29) is 0 Å². The summed E-state index contributed by atoms with van der Waals surface area (Å²) in [5.41, 5.74) is 6.62. The van der Waals surface area contributed by atoms with Crippen LogP contribution in [0.1, 0.15) is 38.2 Å². The molecule has 0 radical (unpaired) electrons. The van der Waals surface area contributed by atoms with Gasteiger partial charge < -0.3 is 0 Å². The molecule has 0 spiro atoms. The standard InChI is InChI=1S/C32H30S2/c1-2-3-4-6-9-24-12-14-26(15-13-24)30-22-23-32(34-30)28-18-16-27(17-19-28)31-21-20-29(33-31)25-10-7-5-8-11-25/h5,7-8,10-23H,2-4,6,9H2,1H3. The Hall–Kier alpha value is -2.94. The number of hydrogen-bond acceptors (Lipinski definition) is 2. The van der Waals surface area contributed by atoms with Crippen molar-refractivity contribution in [2.24, 2.45) is 0 Å². The third-order valence-electron chi connectivity index (χ3n) is 6.28. The predicted octanol–water partition coefficient (Wildman–Crippen LogP) is 10.6. The molecule has 170 valence electrons. The first-order valence-corrected chi connectivity index (χ1v) is 13.9. The highest BCUT2D eigenvalue weighted by Crippen LogP contribution is 2.37. The van der Waals surface area contributed by atoms with Crippen LogP contribution in [-0.4, -0.2) is 0 Å².